The molecule has 0 aliphatic carbocycles. The SMILES string of the molecule is NC(=O)CC(N)C(=O)c1ncco1. The van der Waals surface area contributed by atoms with Gasteiger partial charge in [0.2, 0.25) is 11.7 Å². The number of nitrogens with two attached hydrogens (primary N) is 2. The van der Waals surface area contributed by atoms with E-state index in [0.29, 0.717) is 0 Å². The Morgan fingerprint density at radius 1 is 1.62 bits per heavy atom. The number of nitrogens with zero attached hydrogens (tertiary/aromatic N) is 1. The van der Waals surface area contributed by atoms with Gasteiger partial charge in [0.25, 0.3) is 5.89 Å². The number of amides is 1. The van der Waals surface area contributed by atoms with Gasteiger partial charge in [0.1, 0.15) is 6.26 Å². The highest BCUT2D eigenvalue weighted by Crippen LogP contribution is 2.01. The molecule has 13 heavy (non-hydrogen) atoms. The topological polar surface area (TPSA) is 112 Å². The standard InChI is InChI=1S/C7H9N3O3/c8-4(3-5(9)11)6(12)7-10-1-2-13-7/h1-2,4H,3,8H2,(H2,9,11). The lowest BCUT2D eigenvalue weighted by Crippen LogP contribution is -2.35. The van der Waals surface area contributed by atoms with Crippen molar-refractivity contribution >= 4 is 11.7 Å². The van der Waals surface area contributed by atoms with E-state index in [1.165, 1.54) is 12.5 Å². The molecule has 1 aromatic heterocycles. The summed E-state index contributed by atoms with van der Waals surface area (Å²) in [5, 5.41) is 0. The van der Waals surface area contributed by atoms with E-state index in [1.54, 1.807) is 0 Å². The van der Waals surface area contributed by atoms with E-state index in [0.717, 1.165) is 0 Å². The Bertz CT molecular complexity index is 307. The molecule has 1 heterocycles. The second-order valence-electron chi connectivity index (χ2n) is 2.48. The fraction of sp³-hybridized carbons (Fsp3) is 0.286. The molecular formula is C7H9N3O3. The molecule has 0 aromatic carbocycles. The van der Waals surface area contributed by atoms with Gasteiger partial charge in [-0.1, -0.05) is 0 Å². The van der Waals surface area contributed by atoms with Crippen LogP contribution in [0.25, 0.3) is 0 Å². The molecule has 1 rings (SSSR count). The Kier molecular flexibility index (Phi) is 2.76. The van der Waals surface area contributed by atoms with Gasteiger partial charge in [-0.25, -0.2) is 4.98 Å². The minimum absolute atomic E-state index is 0.103. The molecule has 70 valence electrons. The lowest BCUT2D eigenvalue weighted by molar-refractivity contribution is -0.118. The number of carbonyl (C=O) groups is 2. The van der Waals surface area contributed by atoms with Crippen LogP contribution in [0.3, 0.4) is 0 Å². The van der Waals surface area contributed by atoms with Gasteiger partial charge in [0.15, 0.2) is 0 Å². The Hall–Kier alpha value is -1.69. The predicted octanol–water partition coefficient (Wildman–Crippen LogP) is -0.940. The number of carbonyl (C=O) groups excluding carboxylic acids is 2. The van der Waals surface area contributed by atoms with Gasteiger partial charge in [-0.2, -0.15) is 0 Å². The van der Waals surface area contributed by atoms with Crippen molar-refractivity contribution < 1.29 is 14.0 Å². The molecule has 1 aromatic rings. The van der Waals surface area contributed by atoms with Crippen LogP contribution >= 0.6 is 0 Å². The van der Waals surface area contributed by atoms with E-state index < -0.39 is 17.7 Å². The van der Waals surface area contributed by atoms with Crippen molar-refractivity contribution in [2.24, 2.45) is 11.5 Å². The first kappa shape index (κ1) is 9.40. The van der Waals surface area contributed by atoms with Crippen molar-refractivity contribution in [2.75, 3.05) is 0 Å². The lowest BCUT2D eigenvalue weighted by Gasteiger charge is -2.03. The van der Waals surface area contributed by atoms with Crippen LogP contribution in [0.2, 0.25) is 0 Å². The molecule has 1 amide bonds. The molecule has 0 spiro atoms. The number of ketones is 1. The highest BCUT2D eigenvalue weighted by Gasteiger charge is 2.21. The Labute approximate surface area is 73.9 Å². The van der Waals surface area contributed by atoms with Crippen molar-refractivity contribution in [3.8, 4) is 0 Å². The normalized spacial score (nSPS) is 12.4. The van der Waals surface area contributed by atoms with Gasteiger partial charge in [0, 0.05) is 6.42 Å². The quantitative estimate of drug-likeness (QED) is 0.585. The first-order valence-corrected chi connectivity index (χ1v) is 3.59. The number of primary amides is 1. The van der Waals surface area contributed by atoms with E-state index in [2.05, 4.69) is 4.98 Å². The first-order valence-electron chi connectivity index (χ1n) is 3.59. The fourth-order valence-corrected chi connectivity index (χ4v) is 0.813. The first-order chi connectivity index (χ1) is 6.11. The van der Waals surface area contributed by atoms with Crippen LogP contribution in [0.5, 0.6) is 0 Å². The summed E-state index contributed by atoms with van der Waals surface area (Å²) in [6.07, 6.45) is 2.37. The van der Waals surface area contributed by atoms with Gasteiger partial charge >= 0.3 is 0 Å². The zero-order chi connectivity index (χ0) is 9.84. The average Bonchev–Trinajstić information content (AvgIpc) is 2.53. The van der Waals surface area contributed by atoms with Gasteiger partial charge < -0.3 is 15.9 Å². The Morgan fingerprint density at radius 3 is 2.77 bits per heavy atom. The summed E-state index contributed by atoms with van der Waals surface area (Å²) in [6.45, 7) is 0. The largest absolute Gasteiger partial charge is 0.442 e. The summed E-state index contributed by atoms with van der Waals surface area (Å²) in [7, 11) is 0. The zero-order valence-electron chi connectivity index (χ0n) is 6.77. The van der Waals surface area contributed by atoms with E-state index in [1.807, 2.05) is 0 Å². The number of aromatic nitrogens is 1. The van der Waals surface area contributed by atoms with Crippen molar-refractivity contribution in [3.63, 3.8) is 0 Å². The predicted molar refractivity (Wildman–Crippen MR) is 42.6 cm³/mol. The van der Waals surface area contributed by atoms with Crippen LogP contribution in [-0.2, 0) is 4.79 Å². The van der Waals surface area contributed by atoms with Crippen molar-refractivity contribution in [1.82, 2.24) is 4.98 Å². The van der Waals surface area contributed by atoms with Gasteiger partial charge in [-0.15, -0.1) is 0 Å². The molecule has 0 saturated heterocycles. The Morgan fingerprint density at radius 2 is 2.31 bits per heavy atom. The molecule has 0 bridgehead atoms. The number of hydrogen-bond donors (Lipinski definition) is 2. The minimum atomic E-state index is -0.976. The van der Waals surface area contributed by atoms with Crippen LogP contribution in [0, 0.1) is 0 Å². The van der Waals surface area contributed by atoms with Crippen molar-refractivity contribution in [1.29, 1.82) is 0 Å². The summed E-state index contributed by atoms with van der Waals surface area (Å²) >= 11 is 0. The maximum Gasteiger partial charge on any atom is 0.264 e. The van der Waals surface area contributed by atoms with Crippen LogP contribution in [0.15, 0.2) is 16.9 Å². The molecule has 0 aliphatic rings. The van der Waals surface area contributed by atoms with Crippen LogP contribution in [-0.4, -0.2) is 22.7 Å². The lowest BCUT2D eigenvalue weighted by atomic mass is 10.1. The van der Waals surface area contributed by atoms with Gasteiger partial charge in [-0.05, 0) is 0 Å². The number of oxazole rings is 1. The maximum atomic E-state index is 11.3. The van der Waals surface area contributed by atoms with Gasteiger partial charge in [-0.3, -0.25) is 9.59 Å². The molecule has 6 heteroatoms. The molecule has 1 atom stereocenters. The highest BCUT2D eigenvalue weighted by atomic mass is 16.3. The van der Waals surface area contributed by atoms with E-state index >= 15 is 0 Å². The van der Waals surface area contributed by atoms with E-state index in [4.69, 9.17) is 15.9 Å². The zero-order valence-corrected chi connectivity index (χ0v) is 6.77. The molecule has 6 nitrogen and oxygen atoms in total. The highest BCUT2D eigenvalue weighted by molar-refractivity contribution is 5.98. The molecular weight excluding hydrogens is 174 g/mol. The summed E-state index contributed by atoms with van der Waals surface area (Å²) in [6, 6.07) is -0.976. The second-order valence-corrected chi connectivity index (χ2v) is 2.48. The molecule has 0 radical (unpaired) electrons. The Balaban J connectivity index is 2.63. The summed E-state index contributed by atoms with van der Waals surface area (Å²) in [4.78, 5) is 25.3. The van der Waals surface area contributed by atoms with E-state index in [-0.39, 0.29) is 12.3 Å². The third-order valence-corrected chi connectivity index (χ3v) is 1.40. The molecule has 0 fully saturated rings. The van der Waals surface area contributed by atoms with Crippen LogP contribution in [0.4, 0.5) is 0 Å². The fourth-order valence-electron chi connectivity index (χ4n) is 0.813. The number of Topliss-reactive ketones (excluding diaryl/α,β-unsaturated/α-hetero) is 1. The second kappa shape index (κ2) is 3.81. The third-order valence-electron chi connectivity index (χ3n) is 1.40. The number of rotatable bonds is 4. The molecule has 0 saturated carbocycles. The summed E-state index contributed by atoms with van der Waals surface area (Å²) in [5.74, 6) is -1.26. The monoisotopic (exact) mass is 183 g/mol. The van der Waals surface area contributed by atoms with Crippen molar-refractivity contribution in [2.45, 2.75) is 12.5 Å². The van der Waals surface area contributed by atoms with E-state index in [9.17, 15) is 9.59 Å². The maximum absolute atomic E-state index is 11.3. The number of hydrogen-bond acceptors (Lipinski definition) is 5. The minimum Gasteiger partial charge on any atom is -0.442 e. The summed E-state index contributed by atoms with van der Waals surface area (Å²) < 4.78 is 4.71. The summed E-state index contributed by atoms with van der Waals surface area (Å²) in [5.41, 5.74) is 10.2. The van der Waals surface area contributed by atoms with Crippen LogP contribution < -0.4 is 11.5 Å². The van der Waals surface area contributed by atoms with Gasteiger partial charge in [0.05, 0.1) is 12.2 Å². The molecule has 4 N–H and O–H groups in total. The third kappa shape index (κ3) is 2.38. The smallest absolute Gasteiger partial charge is 0.264 e. The molecule has 0 aliphatic heterocycles. The van der Waals surface area contributed by atoms with Crippen molar-refractivity contribution in [3.05, 3.63) is 18.4 Å². The molecule has 1 unspecified atom stereocenters. The van der Waals surface area contributed by atoms with Crippen LogP contribution in [0.1, 0.15) is 17.1 Å². The average molecular weight is 183 g/mol.